The van der Waals surface area contributed by atoms with Gasteiger partial charge in [0, 0.05) is 10.9 Å². The molecule has 19 heavy (non-hydrogen) atoms. The van der Waals surface area contributed by atoms with Crippen molar-refractivity contribution in [3.05, 3.63) is 68.7 Å². The topological polar surface area (TPSA) is 17.1 Å². The van der Waals surface area contributed by atoms with Gasteiger partial charge in [-0.3, -0.25) is 4.79 Å². The van der Waals surface area contributed by atoms with Crippen molar-refractivity contribution >= 4 is 33.3 Å². The molecular weight excluding hydrogens is 338 g/mol. The Kier molecular flexibility index (Phi) is 4.32. The Morgan fingerprint density at radius 2 is 1.84 bits per heavy atom. The quantitative estimate of drug-likeness (QED) is 0.730. The lowest BCUT2D eigenvalue weighted by atomic mass is 10.0. The van der Waals surface area contributed by atoms with Gasteiger partial charge in [0.1, 0.15) is 0 Å². The Hall–Kier alpha value is -1.26. The molecule has 0 aliphatic carbocycles. The lowest BCUT2D eigenvalue weighted by Gasteiger charge is -2.07. The number of halogens is 4. The summed E-state index contributed by atoms with van der Waals surface area (Å²) in [5, 5.41) is 0.274. The van der Waals surface area contributed by atoms with E-state index in [1.165, 1.54) is 12.1 Å². The molecule has 0 radical (unpaired) electrons. The van der Waals surface area contributed by atoms with Gasteiger partial charge in [0.25, 0.3) is 0 Å². The Morgan fingerprint density at radius 3 is 2.53 bits per heavy atom. The summed E-state index contributed by atoms with van der Waals surface area (Å²) in [6.45, 7) is 0. The molecule has 0 fully saturated rings. The van der Waals surface area contributed by atoms with Crippen molar-refractivity contribution in [2.75, 3.05) is 0 Å². The number of hydrogen-bond donors (Lipinski definition) is 0. The summed E-state index contributed by atoms with van der Waals surface area (Å²) in [6.07, 6.45) is -0.244. The van der Waals surface area contributed by atoms with E-state index >= 15 is 0 Å². The minimum absolute atomic E-state index is 0.0109. The van der Waals surface area contributed by atoms with E-state index in [2.05, 4.69) is 15.9 Å². The van der Waals surface area contributed by atoms with Gasteiger partial charge in [0.05, 0.1) is 10.6 Å². The molecule has 0 atom stereocenters. The van der Waals surface area contributed by atoms with Crippen LogP contribution in [0.3, 0.4) is 0 Å². The molecule has 2 rings (SSSR count). The summed E-state index contributed by atoms with van der Waals surface area (Å²) < 4.78 is 27.1. The van der Waals surface area contributed by atoms with E-state index in [1.54, 1.807) is 18.2 Å². The van der Waals surface area contributed by atoms with E-state index < -0.39 is 11.6 Å². The molecule has 2 aromatic carbocycles. The second-order valence-corrected chi connectivity index (χ2v) is 5.17. The SMILES string of the molecule is O=C(Cc1cccc(F)c1F)c1c(Cl)cccc1Br. The number of hydrogen-bond acceptors (Lipinski definition) is 1. The standard InChI is InChI=1S/C14H8BrClF2O/c15-9-4-2-5-10(16)13(9)12(19)7-8-3-1-6-11(17)14(8)18/h1-6H,7H2. The van der Waals surface area contributed by atoms with Crippen LogP contribution < -0.4 is 0 Å². The zero-order valence-corrected chi connectivity index (χ0v) is 11.9. The number of ketones is 1. The van der Waals surface area contributed by atoms with Crippen molar-refractivity contribution in [1.82, 2.24) is 0 Å². The summed E-state index contributed by atoms with van der Waals surface area (Å²) in [4.78, 5) is 12.1. The van der Waals surface area contributed by atoms with Crippen LogP contribution in [0.25, 0.3) is 0 Å². The van der Waals surface area contributed by atoms with Gasteiger partial charge >= 0.3 is 0 Å². The molecule has 0 bridgehead atoms. The molecule has 0 N–H and O–H groups in total. The molecule has 0 spiro atoms. The van der Waals surface area contributed by atoms with Crippen molar-refractivity contribution < 1.29 is 13.6 Å². The molecule has 0 unspecified atom stereocenters. The second kappa shape index (κ2) is 5.80. The van der Waals surface area contributed by atoms with Gasteiger partial charge in [-0.15, -0.1) is 0 Å². The van der Waals surface area contributed by atoms with Gasteiger partial charge in [0.2, 0.25) is 0 Å². The highest BCUT2D eigenvalue weighted by molar-refractivity contribution is 9.10. The minimum atomic E-state index is -1.00. The van der Waals surface area contributed by atoms with Crippen molar-refractivity contribution in [2.24, 2.45) is 0 Å². The molecular formula is C14H8BrClF2O. The lowest BCUT2D eigenvalue weighted by Crippen LogP contribution is -2.07. The van der Waals surface area contributed by atoms with E-state index in [0.717, 1.165) is 6.07 Å². The largest absolute Gasteiger partial charge is 0.294 e. The van der Waals surface area contributed by atoms with Crippen molar-refractivity contribution in [2.45, 2.75) is 6.42 Å². The van der Waals surface area contributed by atoms with E-state index in [1.807, 2.05) is 0 Å². The van der Waals surface area contributed by atoms with Crippen LogP contribution >= 0.6 is 27.5 Å². The first-order chi connectivity index (χ1) is 9.00. The number of carbonyl (C=O) groups is 1. The van der Waals surface area contributed by atoms with Gasteiger partial charge in [-0.1, -0.05) is 29.8 Å². The van der Waals surface area contributed by atoms with Crippen LogP contribution in [0.5, 0.6) is 0 Å². The summed E-state index contributed by atoms with van der Waals surface area (Å²) in [5.74, 6) is -2.34. The highest BCUT2D eigenvalue weighted by Gasteiger charge is 2.17. The molecule has 0 aliphatic rings. The number of benzene rings is 2. The summed E-state index contributed by atoms with van der Waals surface area (Å²) in [5.41, 5.74) is 0.282. The molecule has 0 amide bonds. The first kappa shape index (κ1) is 14.2. The fourth-order valence-corrected chi connectivity index (χ4v) is 2.69. The van der Waals surface area contributed by atoms with Gasteiger partial charge < -0.3 is 0 Å². The first-order valence-corrected chi connectivity index (χ1v) is 6.58. The summed E-state index contributed by atoms with van der Waals surface area (Å²) in [6, 6.07) is 8.67. The molecule has 0 saturated carbocycles. The second-order valence-electron chi connectivity index (χ2n) is 3.91. The molecule has 1 nitrogen and oxygen atoms in total. The Bertz CT molecular complexity index is 623. The van der Waals surface area contributed by atoms with Crippen molar-refractivity contribution in [3.8, 4) is 0 Å². The van der Waals surface area contributed by atoms with Crippen molar-refractivity contribution in [1.29, 1.82) is 0 Å². The third-order valence-electron chi connectivity index (χ3n) is 2.62. The monoisotopic (exact) mass is 344 g/mol. The maximum absolute atomic E-state index is 13.5. The fourth-order valence-electron chi connectivity index (χ4n) is 1.71. The minimum Gasteiger partial charge on any atom is -0.294 e. The average Bonchev–Trinajstić information content (AvgIpc) is 2.35. The normalized spacial score (nSPS) is 10.5. The van der Waals surface area contributed by atoms with Gasteiger partial charge in [-0.25, -0.2) is 8.78 Å². The van der Waals surface area contributed by atoms with Crippen LogP contribution in [0.2, 0.25) is 5.02 Å². The fraction of sp³-hybridized carbons (Fsp3) is 0.0714. The third kappa shape index (κ3) is 3.01. The number of rotatable bonds is 3. The van der Waals surface area contributed by atoms with Crippen LogP contribution in [0.15, 0.2) is 40.9 Å². The highest BCUT2D eigenvalue weighted by Crippen LogP contribution is 2.26. The predicted molar refractivity (Wildman–Crippen MR) is 73.5 cm³/mol. The van der Waals surface area contributed by atoms with Crippen LogP contribution in [0.4, 0.5) is 8.78 Å². The van der Waals surface area contributed by atoms with Crippen LogP contribution in [0, 0.1) is 11.6 Å². The van der Waals surface area contributed by atoms with E-state index in [0.29, 0.717) is 4.47 Å². The van der Waals surface area contributed by atoms with Crippen LogP contribution in [-0.4, -0.2) is 5.78 Å². The molecule has 0 aliphatic heterocycles. The zero-order valence-electron chi connectivity index (χ0n) is 9.59. The Morgan fingerprint density at radius 1 is 1.16 bits per heavy atom. The maximum Gasteiger partial charge on any atom is 0.169 e. The van der Waals surface area contributed by atoms with E-state index in [4.69, 9.17) is 11.6 Å². The molecule has 98 valence electrons. The van der Waals surface area contributed by atoms with Gasteiger partial charge in [-0.05, 0) is 39.7 Å². The molecule has 5 heteroatoms. The van der Waals surface area contributed by atoms with E-state index in [-0.39, 0.29) is 28.4 Å². The lowest BCUT2D eigenvalue weighted by molar-refractivity contribution is 0.0991. The predicted octanol–water partition coefficient (Wildman–Crippen LogP) is 4.81. The first-order valence-electron chi connectivity index (χ1n) is 5.41. The summed E-state index contributed by atoms with van der Waals surface area (Å²) in [7, 11) is 0. The van der Waals surface area contributed by atoms with E-state index in [9.17, 15) is 13.6 Å². The average molecular weight is 346 g/mol. The molecule has 0 saturated heterocycles. The van der Waals surface area contributed by atoms with Gasteiger partial charge in [0.15, 0.2) is 17.4 Å². The Labute approximate surface area is 122 Å². The molecule has 2 aromatic rings. The van der Waals surface area contributed by atoms with Crippen LogP contribution in [-0.2, 0) is 6.42 Å². The van der Waals surface area contributed by atoms with Gasteiger partial charge in [-0.2, -0.15) is 0 Å². The molecule has 0 aromatic heterocycles. The highest BCUT2D eigenvalue weighted by atomic mass is 79.9. The van der Waals surface area contributed by atoms with Crippen molar-refractivity contribution in [3.63, 3.8) is 0 Å². The number of carbonyl (C=O) groups excluding carboxylic acids is 1. The Balaban J connectivity index is 2.34. The van der Waals surface area contributed by atoms with Crippen LogP contribution in [0.1, 0.15) is 15.9 Å². The smallest absolute Gasteiger partial charge is 0.169 e. The zero-order chi connectivity index (χ0) is 14.0. The summed E-state index contributed by atoms with van der Waals surface area (Å²) >= 11 is 9.16. The third-order valence-corrected chi connectivity index (χ3v) is 3.60. The molecule has 0 heterocycles. The number of Topliss-reactive ketones (excluding diaryl/α,β-unsaturated/α-hetero) is 1. The maximum atomic E-state index is 13.5.